The fourth-order valence-electron chi connectivity index (χ4n) is 2.31. The third-order valence-electron chi connectivity index (χ3n) is 3.57. The summed E-state index contributed by atoms with van der Waals surface area (Å²) in [7, 11) is 0. The summed E-state index contributed by atoms with van der Waals surface area (Å²) in [6.07, 6.45) is 1.54. The van der Waals surface area contributed by atoms with Crippen LogP contribution >= 0.6 is 0 Å². The first-order valence-electron chi connectivity index (χ1n) is 7.56. The number of phenols is 1. The number of nitrogens with zero attached hydrogens (tertiary/aromatic N) is 2. The van der Waals surface area contributed by atoms with Crippen molar-refractivity contribution in [1.29, 1.82) is 0 Å². The molecule has 0 aromatic heterocycles. The van der Waals surface area contributed by atoms with E-state index in [9.17, 15) is 15.2 Å². The summed E-state index contributed by atoms with van der Waals surface area (Å²) in [6, 6.07) is 9.78. The van der Waals surface area contributed by atoms with E-state index < -0.39 is 4.92 Å². The molecule has 0 aliphatic heterocycles. The molecule has 2 aromatic carbocycles. The molecule has 0 aliphatic carbocycles. The predicted octanol–water partition coefficient (Wildman–Crippen LogP) is 4.35. The van der Waals surface area contributed by atoms with Gasteiger partial charge in [-0.3, -0.25) is 15.5 Å². The molecule has 0 aliphatic rings. The molecule has 24 heavy (non-hydrogen) atoms. The van der Waals surface area contributed by atoms with Crippen LogP contribution in [-0.2, 0) is 5.41 Å². The zero-order chi connectivity index (χ0) is 17.9. The van der Waals surface area contributed by atoms with Crippen LogP contribution in [0.5, 0.6) is 5.75 Å². The monoisotopic (exact) mass is 327 g/mol. The zero-order valence-electron chi connectivity index (χ0n) is 14.2. The normalized spacial score (nSPS) is 11.7. The quantitative estimate of drug-likeness (QED) is 0.496. The highest BCUT2D eigenvalue weighted by Crippen LogP contribution is 2.33. The van der Waals surface area contributed by atoms with E-state index in [-0.39, 0.29) is 16.9 Å². The van der Waals surface area contributed by atoms with Crippen molar-refractivity contribution in [3.8, 4) is 5.75 Å². The van der Waals surface area contributed by atoms with Gasteiger partial charge in [0.05, 0.1) is 16.8 Å². The van der Waals surface area contributed by atoms with Gasteiger partial charge in [-0.1, -0.05) is 26.8 Å². The lowest BCUT2D eigenvalue weighted by molar-refractivity contribution is -0.384. The van der Waals surface area contributed by atoms with Gasteiger partial charge in [-0.15, -0.1) is 0 Å². The van der Waals surface area contributed by atoms with Gasteiger partial charge in [0.15, 0.2) is 0 Å². The van der Waals surface area contributed by atoms with Gasteiger partial charge in [0, 0.05) is 23.3 Å². The molecular formula is C18H21N3O3. The van der Waals surface area contributed by atoms with Crippen molar-refractivity contribution in [3.63, 3.8) is 0 Å². The standard InChI is InChI=1S/C18H21N3O3/c1-12-9-13(17(22)16(10-12)18(2,3)4)11-19-20-14-5-7-15(8-6-14)21(23)24/h5-11,20,22H,1-4H3. The van der Waals surface area contributed by atoms with E-state index in [1.165, 1.54) is 12.1 Å². The lowest BCUT2D eigenvalue weighted by Gasteiger charge is -2.22. The van der Waals surface area contributed by atoms with Crippen molar-refractivity contribution in [1.82, 2.24) is 0 Å². The fourth-order valence-corrected chi connectivity index (χ4v) is 2.31. The zero-order valence-corrected chi connectivity index (χ0v) is 14.2. The molecule has 0 radical (unpaired) electrons. The Bertz CT molecular complexity index is 775. The highest BCUT2D eigenvalue weighted by atomic mass is 16.6. The molecule has 2 aromatic rings. The maximum absolute atomic E-state index is 10.6. The average molecular weight is 327 g/mol. The van der Waals surface area contributed by atoms with Crippen LogP contribution in [0.4, 0.5) is 11.4 Å². The largest absolute Gasteiger partial charge is 0.507 e. The molecule has 0 amide bonds. The number of hydrogen-bond donors (Lipinski definition) is 2. The van der Waals surface area contributed by atoms with Crippen LogP contribution in [0.2, 0.25) is 0 Å². The summed E-state index contributed by atoms with van der Waals surface area (Å²) in [5, 5.41) is 25.2. The van der Waals surface area contributed by atoms with E-state index in [4.69, 9.17) is 0 Å². The summed E-state index contributed by atoms with van der Waals surface area (Å²) in [5.74, 6) is 0.211. The number of aromatic hydroxyl groups is 1. The van der Waals surface area contributed by atoms with E-state index in [0.29, 0.717) is 11.3 Å². The van der Waals surface area contributed by atoms with Crippen molar-refractivity contribution in [2.75, 3.05) is 5.43 Å². The number of phenolic OH excluding ortho intramolecular Hbond substituents is 1. The molecule has 0 saturated carbocycles. The molecule has 2 rings (SSSR count). The molecule has 2 N–H and O–H groups in total. The van der Waals surface area contributed by atoms with E-state index in [1.807, 2.05) is 39.8 Å². The van der Waals surface area contributed by atoms with Crippen LogP contribution in [-0.4, -0.2) is 16.2 Å². The Balaban J connectivity index is 2.20. The molecule has 126 valence electrons. The van der Waals surface area contributed by atoms with E-state index in [1.54, 1.807) is 18.3 Å². The third kappa shape index (κ3) is 4.10. The van der Waals surface area contributed by atoms with Crippen molar-refractivity contribution < 1.29 is 10.0 Å². The van der Waals surface area contributed by atoms with E-state index in [2.05, 4.69) is 10.5 Å². The predicted molar refractivity (Wildman–Crippen MR) is 95.9 cm³/mol. The van der Waals surface area contributed by atoms with Gasteiger partial charge >= 0.3 is 0 Å². The molecular weight excluding hydrogens is 306 g/mol. The first-order chi connectivity index (χ1) is 11.2. The second kappa shape index (κ2) is 6.70. The summed E-state index contributed by atoms with van der Waals surface area (Å²) < 4.78 is 0. The van der Waals surface area contributed by atoms with Gasteiger partial charge in [-0.25, -0.2) is 0 Å². The number of benzene rings is 2. The number of nitrogens with one attached hydrogen (secondary N) is 1. The Morgan fingerprint density at radius 1 is 1.21 bits per heavy atom. The van der Waals surface area contributed by atoms with E-state index in [0.717, 1.165) is 11.1 Å². The topological polar surface area (TPSA) is 87.8 Å². The number of non-ortho nitro benzene ring substituents is 1. The van der Waals surface area contributed by atoms with Crippen LogP contribution < -0.4 is 5.43 Å². The molecule has 6 heteroatoms. The minimum absolute atomic E-state index is 0.0238. The highest BCUT2D eigenvalue weighted by Gasteiger charge is 2.20. The number of nitro benzene ring substituents is 1. The lowest BCUT2D eigenvalue weighted by Crippen LogP contribution is -2.12. The molecule has 0 heterocycles. The molecule has 0 spiro atoms. The smallest absolute Gasteiger partial charge is 0.269 e. The van der Waals surface area contributed by atoms with Crippen LogP contribution in [0.1, 0.15) is 37.5 Å². The van der Waals surface area contributed by atoms with Crippen LogP contribution in [0.3, 0.4) is 0 Å². The Morgan fingerprint density at radius 2 is 1.83 bits per heavy atom. The fraction of sp³-hybridized carbons (Fsp3) is 0.278. The molecule has 0 atom stereocenters. The number of nitro groups is 1. The van der Waals surface area contributed by atoms with Gasteiger partial charge < -0.3 is 5.11 Å². The molecule has 6 nitrogen and oxygen atoms in total. The number of anilines is 1. The van der Waals surface area contributed by atoms with Gasteiger partial charge in [-0.2, -0.15) is 5.10 Å². The number of rotatable bonds is 4. The average Bonchev–Trinajstić information content (AvgIpc) is 2.49. The Kier molecular flexibility index (Phi) is 4.87. The lowest BCUT2D eigenvalue weighted by atomic mass is 9.84. The summed E-state index contributed by atoms with van der Waals surface area (Å²) >= 11 is 0. The molecule has 0 saturated heterocycles. The highest BCUT2D eigenvalue weighted by molar-refractivity contribution is 5.85. The minimum atomic E-state index is -0.453. The van der Waals surface area contributed by atoms with E-state index >= 15 is 0 Å². The summed E-state index contributed by atoms with van der Waals surface area (Å²) in [4.78, 5) is 10.2. The number of hydrogen-bond acceptors (Lipinski definition) is 5. The van der Waals surface area contributed by atoms with Gasteiger partial charge in [0.2, 0.25) is 0 Å². The first-order valence-corrected chi connectivity index (χ1v) is 7.56. The van der Waals surface area contributed by atoms with Crippen molar-refractivity contribution in [2.24, 2.45) is 5.10 Å². The SMILES string of the molecule is Cc1cc(C=NNc2ccc([N+](=O)[O-])cc2)c(O)c(C(C)(C)C)c1. The van der Waals surface area contributed by atoms with Crippen molar-refractivity contribution >= 4 is 17.6 Å². The molecule has 0 unspecified atom stereocenters. The van der Waals surface area contributed by atoms with Crippen LogP contribution in [0, 0.1) is 17.0 Å². The third-order valence-corrected chi connectivity index (χ3v) is 3.57. The van der Waals surface area contributed by atoms with Gasteiger partial charge in [0.25, 0.3) is 5.69 Å². The first kappa shape index (κ1) is 17.5. The molecule has 0 fully saturated rings. The Morgan fingerprint density at radius 3 is 2.38 bits per heavy atom. The minimum Gasteiger partial charge on any atom is -0.507 e. The van der Waals surface area contributed by atoms with Gasteiger partial charge in [0.1, 0.15) is 5.75 Å². The molecule has 0 bridgehead atoms. The second-order valence-electron chi connectivity index (χ2n) is 6.67. The van der Waals surface area contributed by atoms with Crippen LogP contribution in [0.25, 0.3) is 0 Å². The van der Waals surface area contributed by atoms with Crippen LogP contribution in [0.15, 0.2) is 41.5 Å². The van der Waals surface area contributed by atoms with Crippen molar-refractivity contribution in [3.05, 3.63) is 63.2 Å². The Labute approximate surface area is 141 Å². The summed E-state index contributed by atoms with van der Waals surface area (Å²) in [5.41, 5.74) is 5.79. The number of hydrazone groups is 1. The maximum Gasteiger partial charge on any atom is 0.269 e. The maximum atomic E-state index is 10.6. The second-order valence-corrected chi connectivity index (χ2v) is 6.67. The number of aryl methyl sites for hydroxylation is 1. The van der Waals surface area contributed by atoms with Gasteiger partial charge in [-0.05, 0) is 36.1 Å². The Hall–Kier alpha value is -2.89. The summed E-state index contributed by atoms with van der Waals surface area (Å²) in [6.45, 7) is 8.09. The van der Waals surface area contributed by atoms with Crippen molar-refractivity contribution in [2.45, 2.75) is 33.1 Å².